The first-order valence-electron chi connectivity index (χ1n) is 7.14. The van der Waals surface area contributed by atoms with Crippen LogP contribution in [0.15, 0.2) is 29.5 Å². The molecule has 5 heteroatoms. The van der Waals surface area contributed by atoms with E-state index in [1.54, 1.807) is 29.9 Å². The molecule has 0 aliphatic heterocycles. The number of nitrogens with two attached hydrogens (primary N) is 1. The predicted octanol–water partition coefficient (Wildman–Crippen LogP) is 3.26. The highest BCUT2D eigenvalue weighted by atomic mass is 32.1. The predicted molar refractivity (Wildman–Crippen MR) is 85.6 cm³/mol. The fourth-order valence-electron chi connectivity index (χ4n) is 2.66. The molecule has 0 spiro atoms. The average Bonchev–Trinajstić information content (AvgIpc) is 2.69. The molecule has 1 aliphatic rings. The van der Waals surface area contributed by atoms with Gasteiger partial charge in [-0.25, -0.2) is 4.99 Å². The minimum atomic E-state index is -0.368. The van der Waals surface area contributed by atoms with Gasteiger partial charge in [-0.15, -0.1) is 11.3 Å². The number of rotatable bonds is 3. The number of aliphatic imine (C=N–C) groups is 1. The summed E-state index contributed by atoms with van der Waals surface area (Å²) in [6.07, 6.45) is 10.7. The molecule has 0 unspecified atom stereocenters. The van der Waals surface area contributed by atoms with Gasteiger partial charge in [0.25, 0.3) is 5.91 Å². The second-order valence-electron chi connectivity index (χ2n) is 5.15. The van der Waals surface area contributed by atoms with Crippen LogP contribution in [0.3, 0.4) is 0 Å². The fraction of sp³-hybridized carbons (Fsp3) is 0.312. The zero-order chi connectivity index (χ0) is 14.7. The maximum absolute atomic E-state index is 11.8. The average molecular weight is 299 g/mol. The third kappa shape index (κ3) is 3.03. The Hall–Kier alpha value is -2.01. The summed E-state index contributed by atoms with van der Waals surface area (Å²) < 4.78 is 0. The Balaban J connectivity index is 1.98. The van der Waals surface area contributed by atoms with Crippen molar-refractivity contribution in [2.45, 2.75) is 32.1 Å². The summed E-state index contributed by atoms with van der Waals surface area (Å²) in [5.74, 6) is -0.368. The number of primary amides is 1. The molecule has 2 aromatic rings. The normalized spacial score (nSPS) is 14.9. The van der Waals surface area contributed by atoms with E-state index >= 15 is 0 Å². The summed E-state index contributed by atoms with van der Waals surface area (Å²) >= 11 is 1.60. The molecule has 2 aromatic heterocycles. The molecule has 21 heavy (non-hydrogen) atoms. The molecule has 0 fully saturated rings. The summed E-state index contributed by atoms with van der Waals surface area (Å²) in [6.45, 7) is 0. The molecule has 0 aromatic carbocycles. The van der Waals surface area contributed by atoms with Gasteiger partial charge in [-0.1, -0.05) is 12.5 Å². The monoisotopic (exact) mass is 299 g/mol. The first-order valence-corrected chi connectivity index (χ1v) is 7.96. The lowest BCUT2D eigenvalue weighted by Gasteiger charge is -2.00. The van der Waals surface area contributed by atoms with Gasteiger partial charge in [0.2, 0.25) is 0 Å². The minimum absolute atomic E-state index is 0.368. The first kappa shape index (κ1) is 13.9. The molecule has 2 heterocycles. The molecular weight excluding hydrogens is 282 g/mol. The van der Waals surface area contributed by atoms with Crippen LogP contribution in [0.2, 0.25) is 0 Å². The van der Waals surface area contributed by atoms with Gasteiger partial charge in [0.15, 0.2) is 0 Å². The number of fused-ring (bicyclic) bond motifs is 1. The van der Waals surface area contributed by atoms with E-state index in [-0.39, 0.29) is 5.91 Å². The molecule has 0 bridgehead atoms. The van der Waals surface area contributed by atoms with Crippen molar-refractivity contribution in [2.24, 2.45) is 10.7 Å². The molecule has 0 saturated heterocycles. The zero-order valence-corrected chi connectivity index (χ0v) is 12.5. The number of hydrogen-bond acceptors (Lipinski definition) is 4. The second kappa shape index (κ2) is 6.18. The number of carbonyl (C=O) groups excluding carboxylic acids is 1. The van der Waals surface area contributed by atoms with Gasteiger partial charge in [0, 0.05) is 29.0 Å². The molecule has 0 radical (unpaired) electrons. The van der Waals surface area contributed by atoms with Crippen LogP contribution in [0.4, 0.5) is 5.00 Å². The fourth-order valence-corrected chi connectivity index (χ4v) is 3.90. The summed E-state index contributed by atoms with van der Waals surface area (Å²) in [5, 5.41) is 0.734. The van der Waals surface area contributed by atoms with E-state index in [9.17, 15) is 4.79 Å². The van der Waals surface area contributed by atoms with Crippen LogP contribution in [-0.2, 0) is 12.8 Å². The van der Waals surface area contributed by atoms with Gasteiger partial charge < -0.3 is 5.73 Å². The number of aromatic nitrogens is 1. The highest BCUT2D eigenvalue weighted by molar-refractivity contribution is 7.16. The summed E-state index contributed by atoms with van der Waals surface area (Å²) in [6, 6.07) is 3.79. The largest absolute Gasteiger partial charge is 0.365 e. The topological polar surface area (TPSA) is 68.3 Å². The molecular formula is C16H17N3OS. The Morgan fingerprint density at radius 2 is 2.19 bits per heavy atom. The SMILES string of the molecule is NC(=O)c1c(N=Cc2cccnc2)sc2c1CCCCC2. The number of hydrogen-bond donors (Lipinski definition) is 1. The van der Waals surface area contributed by atoms with E-state index in [1.807, 2.05) is 12.1 Å². The van der Waals surface area contributed by atoms with Gasteiger partial charge >= 0.3 is 0 Å². The van der Waals surface area contributed by atoms with E-state index in [0.29, 0.717) is 5.56 Å². The summed E-state index contributed by atoms with van der Waals surface area (Å²) in [7, 11) is 0. The summed E-state index contributed by atoms with van der Waals surface area (Å²) in [5.41, 5.74) is 8.25. The quantitative estimate of drug-likeness (QED) is 0.698. The van der Waals surface area contributed by atoms with Crippen molar-refractivity contribution in [1.82, 2.24) is 4.98 Å². The highest BCUT2D eigenvalue weighted by Crippen LogP contribution is 2.38. The van der Waals surface area contributed by atoms with Crippen LogP contribution in [-0.4, -0.2) is 17.1 Å². The van der Waals surface area contributed by atoms with Crippen LogP contribution in [0, 0.1) is 0 Å². The standard InChI is InChI=1S/C16H17N3OS/c17-15(20)14-12-6-2-1-3-7-13(12)21-16(14)19-10-11-5-4-8-18-9-11/h4-5,8-10H,1-3,6-7H2,(H2,17,20). The Kier molecular flexibility index (Phi) is 4.10. The van der Waals surface area contributed by atoms with Crippen LogP contribution < -0.4 is 5.73 Å². The second-order valence-corrected chi connectivity index (χ2v) is 6.24. The third-order valence-electron chi connectivity index (χ3n) is 3.66. The number of carbonyl (C=O) groups is 1. The van der Waals surface area contributed by atoms with Crippen LogP contribution in [0.25, 0.3) is 0 Å². The van der Waals surface area contributed by atoms with Crippen molar-refractivity contribution in [3.63, 3.8) is 0 Å². The Bertz CT molecular complexity index is 676. The number of aryl methyl sites for hydroxylation is 1. The van der Waals surface area contributed by atoms with Gasteiger partial charge in [-0.3, -0.25) is 9.78 Å². The van der Waals surface area contributed by atoms with Crippen LogP contribution in [0.1, 0.15) is 45.6 Å². The van der Waals surface area contributed by atoms with Crippen molar-refractivity contribution in [2.75, 3.05) is 0 Å². The number of nitrogens with zero attached hydrogens (tertiary/aromatic N) is 2. The van der Waals surface area contributed by atoms with Crippen molar-refractivity contribution >= 4 is 28.5 Å². The summed E-state index contributed by atoms with van der Waals surface area (Å²) in [4.78, 5) is 21.6. The number of amides is 1. The number of thiophene rings is 1. The van der Waals surface area contributed by atoms with Gasteiger partial charge in [0.05, 0.1) is 5.56 Å². The van der Waals surface area contributed by atoms with E-state index in [0.717, 1.165) is 35.4 Å². The van der Waals surface area contributed by atoms with Gasteiger partial charge in [-0.2, -0.15) is 0 Å². The van der Waals surface area contributed by atoms with Gasteiger partial charge in [0.1, 0.15) is 5.00 Å². The van der Waals surface area contributed by atoms with Crippen molar-refractivity contribution in [3.05, 3.63) is 46.1 Å². The highest BCUT2D eigenvalue weighted by Gasteiger charge is 2.22. The maximum Gasteiger partial charge on any atom is 0.252 e. The Labute approximate surface area is 127 Å². The first-order chi connectivity index (χ1) is 10.3. The molecule has 2 N–H and O–H groups in total. The molecule has 1 amide bonds. The van der Waals surface area contributed by atoms with Crippen molar-refractivity contribution in [1.29, 1.82) is 0 Å². The molecule has 0 atom stereocenters. The maximum atomic E-state index is 11.8. The Morgan fingerprint density at radius 1 is 1.33 bits per heavy atom. The third-order valence-corrected chi connectivity index (χ3v) is 4.86. The molecule has 108 valence electrons. The lowest BCUT2D eigenvalue weighted by molar-refractivity contribution is 0.100. The lowest BCUT2D eigenvalue weighted by Crippen LogP contribution is -2.12. The van der Waals surface area contributed by atoms with Crippen LogP contribution in [0.5, 0.6) is 0 Å². The van der Waals surface area contributed by atoms with E-state index in [2.05, 4.69) is 9.98 Å². The van der Waals surface area contributed by atoms with Crippen molar-refractivity contribution in [3.8, 4) is 0 Å². The lowest BCUT2D eigenvalue weighted by atomic mass is 10.1. The van der Waals surface area contributed by atoms with E-state index in [1.165, 1.54) is 17.7 Å². The zero-order valence-electron chi connectivity index (χ0n) is 11.7. The molecule has 1 aliphatic carbocycles. The van der Waals surface area contributed by atoms with E-state index < -0.39 is 0 Å². The van der Waals surface area contributed by atoms with Crippen molar-refractivity contribution < 1.29 is 4.79 Å². The van der Waals surface area contributed by atoms with E-state index in [4.69, 9.17) is 5.73 Å². The Morgan fingerprint density at radius 3 is 2.95 bits per heavy atom. The van der Waals surface area contributed by atoms with Gasteiger partial charge in [-0.05, 0) is 37.3 Å². The van der Waals surface area contributed by atoms with Crippen LogP contribution >= 0.6 is 11.3 Å². The number of pyridine rings is 1. The molecule has 3 rings (SSSR count). The molecule has 0 saturated carbocycles. The minimum Gasteiger partial charge on any atom is -0.365 e. The molecule has 4 nitrogen and oxygen atoms in total. The smallest absolute Gasteiger partial charge is 0.252 e.